The zero-order chi connectivity index (χ0) is 10.0. The largest absolute Gasteiger partial charge is 0.399 e. The first-order chi connectivity index (χ1) is 6.74. The Kier molecular flexibility index (Phi) is 2.59. The molecule has 1 aromatic rings. The number of nitrogens with one attached hydrogen (secondary N) is 1. The van der Waals surface area contributed by atoms with Crippen molar-refractivity contribution in [3.8, 4) is 0 Å². The second kappa shape index (κ2) is 3.73. The van der Waals surface area contributed by atoms with E-state index in [1.165, 1.54) is 18.5 Å². The van der Waals surface area contributed by atoms with E-state index in [4.69, 9.17) is 5.73 Å². The molecule has 1 aromatic carbocycles. The van der Waals surface area contributed by atoms with Gasteiger partial charge in [0, 0.05) is 22.7 Å². The van der Waals surface area contributed by atoms with E-state index in [0.717, 1.165) is 12.2 Å². The molecule has 0 saturated heterocycles. The smallest absolute Gasteiger partial charge is 0.0342 e. The quantitative estimate of drug-likeness (QED) is 0.747. The summed E-state index contributed by atoms with van der Waals surface area (Å²) in [5, 5.41) is 3.45. The van der Waals surface area contributed by atoms with Gasteiger partial charge in [0.1, 0.15) is 0 Å². The van der Waals surface area contributed by atoms with E-state index in [9.17, 15) is 0 Å². The molecule has 2 rings (SSSR count). The van der Waals surface area contributed by atoms with Crippen LogP contribution in [0.25, 0.3) is 0 Å². The highest BCUT2D eigenvalue weighted by Gasteiger charge is 2.41. The molecule has 0 heterocycles. The van der Waals surface area contributed by atoms with E-state index in [1.807, 2.05) is 36.0 Å². The van der Waals surface area contributed by atoms with Gasteiger partial charge in [-0.1, -0.05) is 0 Å². The molecule has 1 fully saturated rings. The summed E-state index contributed by atoms with van der Waals surface area (Å²) in [5.41, 5.74) is 7.60. The summed E-state index contributed by atoms with van der Waals surface area (Å²) in [6.07, 6.45) is 4.88. The topological polar surface area (TPSA) is 38.0 Å². The second-order valence-electron chi connectivity index (χ2n) is 3.86. The molecule has 3 heteroatoms. The summed E-state index contributed by atoms with van der Waals surface area (Å²) in [7, 11) is 0. The molecule has 14 heavy (non-hydrogen) atoms. The van der Waals surface area contributed by atoms with Crippen LogP contribution in [0.1, 0.15) is 12.8 Å². The Hall–Kier alpha value is -0.830. The Morgan fingerprint density at radius 2 is 2.00 bits per heavy atom. The standard InChI is InChI=1S/C11H16N2S/c1-14-11(6-7-11)8-13-10-4-2-9(12)3-5-10/h2-5,13H,6-8,12H2,1H3. The molecule has 0 radical (unpaired) electrons. The van der Waals surface area contributed by atoms with Gasteiger partial charge >= 0.3 is 0 Å². The molecule has 2 nitrogen and oxygen atoms in total. The summed E-state index contributed by atoms with van der Waals surface area (Å²) >= 11 is 1.97. The van der Waals surface area contributed by atoms with Gasteiger partial charge in [-0.05, 0) is 43.4 Å². The molecule has 0 aliphatic heterocycles. The Bertz CT molecular complexity index is 304. The Morgan fingerprint density at radius 3 is 2.50 bits per heavy atom. The normalized spacial score (nSPS) is 17.8. The molecule has 1 aliphatic rings. The van der Waals surface area contributed by atoms with Gasteiger partial charge in [-0.3, -0.25) is 0 Å². The van der Waals surface area contributed by atoms with Crippen molar-refractivity contribution in [2.24, 2.45) is 0 Å². The molecule has 0 bridgehead atoms. The Balaban J connectivity index is 1.89. The molecular formula is C11H16N2S. The van der Waals surface area contributed by atoms with Gasteiger partial charge in [0.25, 0.3) is 0 Å². The monoisotopic (exact) mass is 208 g/mol. The fourth-order valence-electron chi connectivity index (χ4n) is 1.46. The van der Waals surface area contributed by atoms with Crippen LogP contribution in [0.2, 0.25) is 0 Å². The summed E-state index contributed by atoms with van der Waals surface area (Å²) < 4.78 is 0.515. The predicted octanol–water partition coefficient (Wildman–Crippen LogP) is 2.58. The van der Waals surface area contributed by atoms with Gasteiger partial charge in [0.05, 0.1) is 0 Å². The van der Waals surface area contributed by atoms with Crippen molar-refractivity contribution < 1.29 is 0 Å². The highest BCUT2D eigenvalue weighted by molar-refractivity contribution is 8.00. The molecule has 0 unspecified atom stereocenters. The van der Waals surface area contributed by atoms with Crippen molar-refractivity contribution in [3.05, 3.63) is 24.3 Å². The van der Waals surface area contributed by atoms with Crippen LogP contribution in [0.4, 0.5) is 11.4 Å². The van der Waals surface area contributed by atoms with E-state index >= 15 is 0 Å². The lowest BCUT2D eigenvalue weighted by molar-refractivity contribution is 0.949. The summed E-state index contributed by atoms with van der Waals surface area (Å²) in [5.74, 6) is 0. The van der Waals surface area contributed by atoms with Crippen LogP contribution < -0.4 is 11.1 Å². The molecule has 0 aromatic heterocycles. The average Bonchev–Trinajstić information content (AvgIpc) is 2.98. The van der Waals surface area contributed by atoms with Crippen LogP contribution in [0, 0.1) is 0 Å². The van der Waals surface area contributed by atoms with Gasteiger partial charge in [0.2, 0.25) is 0 Å². The summed E-state index contributed by atoms with van der Waals surface area (Å²) in [4.78, 5) is 0. The second-order valence-corrected chi connectivity index (χ2v) is 5.14. The summed E-state index contributed by atoms with van der Waals surface area (Å²) in [6.45, 7) is 1.07. The third kappa shape index (κ3) is 2.15. The highest BCUT2D eigenvalue weighted by atomic mass is 32.2. The van der Waals surface area contributed by atoms with Gasteiger partial charge in [-0.2, -0.15) is 11.8 Å². The number of nitrogens with two attached hydrogens (primary N) is 1. The Morgan fingerprint density at radius 1 is 1.36 bits per heavy atom. The maximum absolute atomic E-state index is 5.62. The molecule has 0 spiro atoms. The molecule has 76 valence electrons. The lowest BCUT2D eigenvalue weighted by Crippen LogP contribution is -2.17. The highest BCUT2D eigenvalue weighted by Crippen LogP contribution is 2.46. The van der Waals surface area contributed by atoms with E-state index in [-0.39, 0.29) is 0 Å². The molecule has 3 N–H and O–H groups in total. The molecular weight excluding hydrogens is 192 g/mol. The van der Waals surface area contributed by atoms with Crippen molar-refractivity contribution in [2.45, 2.75) is 17.6 Å². The maximum atomic E-state index is 5.62. The van der Waals surface area contributed by atoms with Crippen molar-refractivity contribution in [1.82, 2.24) is 0 Å². The molecule has 0 atom stereocenters. The van der Waals surface area contributed by atoms with E-state index in [1.54, 1.807) is 0 Å². The molecule has 1 saturated carbocycles. The average molecular weight is 208 g/mol. The number of rotatable bonds is 4. The zero-order valence-electron chi connectivity index (χ0n) is 8.42. The first-order valence-corrected chi connectivity index (χ1v) is 6.11. The minimum absolute atomic E-state index is 0.515. The van der Waals surface area contributed by atoms with Gasteiger partial charge in [-0.25, -0.2) is 0 Å². The number of benzene rings is 1. The third-order valence-electron chi connectivity index (χ3n) is 2.77. The van der Waals surface area contributed by atoms with E-state index < -0.39 is 0 Å². The van der Waals surface area contributed by atoms with Crippen LogP contribution in [-0.2, 0) is 0 Å². The molecule has 1 aliphatic carbocycles. The Labute approximate surface area is 89.3 Å². The lowest BCUT2D eigenvalue weighted by Gasteiger charge is -2.14. The minimum atomic E-state index is 0.515. The number of nitrogen functional groups attached to an aromatic ring is 1. The van der Waals surface area contributed by atoms with Crippen molar-refractivity contribution in [3.63, 3.8) is 0 Å². The van der Waals surface area contributed by atoms with Crippen LogP contribution in [0.5, 0.6) is 0 Å². The third-order valence-corrected chi connectivity index (χ3v) is 4.18. The number of hydrogen-bond donors (Lipinski definition) is 2. The fourth-order valence-corrected chi connectivity index (χ4v) is 2.18. The van der Waals surface area contributed by atoms with Gasteiger partial charge in [0.15, 0.2) is 0 Å². The lowest BCUT2D eigenvalue weighted by atomic mass is 10.3. The van der Waals surface area contributed by atoms with Crippen molar-refractivity contribution >= 4 is 23.1 Å². The number of thioether (sulfide) groups is 1. The van der Waals surface area contributed by atoms with E-state index in [2.05, 4.69) is 11.6 Å². The first kappa shape index (κ1) is 9.71. The first-order valence-electron chi connectivity index (χ1n) is 4.89. The zero-order valence-corrected chi connectivity index (χ0v) is 9.23. The van der Waals surface area contributed by atoms with Crippen molar-refractivity contribution in [1.29, 1.82) is 0 Å². The predicted molar refractivity (Wildman–Crippen MR) is 64.8 cm³/mol. The minimum Gasteiger partial charge on any atom is -0.399 e. The maximum Gasteiger partial charge on any atom is 0.0342 e. The van der Waals surface area contributed by atoms with Gasteiger partial charge < -0.3 is 11.1 Å². The SMILES string of the molecule is CSC1(CNc2ccc(N)cc2)CC1. The number of hydrogen-bond acceptors (Lipinski definition) is 3. The van der Waals surface area contributed by atoms with Crippen LogP contribution in [0.3, 0.4) is 0 Å². The fraction of sp³-hybridized carbons (Fsp3) is 0.455. The van der Waals surface area contributed by atoms with Crippen LogP contribution >= 0.6 is 11.8 Å². The summed E-state index contributed by atoms with van der Waals surface area (Å²) in [6, 6.07) is 7.93. The number of anilines is 2. The van der Waals surface area contributed by atoms with Crippen LogP contribution in [0.15, 0.2) is 24.3 Å². The van der Waals surface area contributed by atoms with Crippen LogP contribution in [-0.4, -0.2) is 17.5 Å². The molecule has 0 amide bonds. The van der Waals surface area contributed by atoms with Crippen molar-refractivity contribution in [2.75, 3.05) is 23.9 Å². The van der Waals surface area contributed by atoms with Gasteiger partial charge in [-0.15, -0.1) is 0 Å². The van der Waals surface area contributed by atoms with E-state index in [0.29, 0.717) is 4.75 Å².